The molecule has 6 heteroatoms. The molecule has 4 nitrogen and oxygen atoms in total. The Bertz CT molecular complexity index is 414. The Morgan fingerprint density at radius 1 is 1.40 bits per heavy atom. The van der Waals surface area contributed by atoms with Crippen molar-refractivity contribution in [2.24, 2.45) is 0 Å². The van der Waals surface area contributed by atoms with Gasteiger partial charge in [0.05, 0.1) is 13.8 Å². The number of benzene rings is 1. The Labute approximate surface area is 125 Å². The number of ether oxygens (including phenoxy) is 1. The molecule has 114 valence electrons. The average Bonchev–Trinajstić information content (AvgIpc) is 2.47. The maximum atomic E-state index is 12.8. The fourth-order valence-electron chi connectivity index (χ4n) is 2.56. The second kappa shape index (κ2) is 8.29. The van der Waals surface area contributed by atoms with Crippen molar-refractivity contribution in [2.45, 2.75) is 12.5 Å². The van der Waals surface area contributed by atoms with Gasteiger partial charge in [0.25, 0.3) is 0 Å². The van der Waals surface area contributed by atoms with E-state index in [9.17, 15) is 9.50 Å². The molecule has 0 amide bonds. The first-order chi connectivity index (χ1) is 9.26. The van der Waals surface area contributed by atoms with Crippen LogP contribution in [0.3, 0.4) is 0 Å². The Kier molecular flexibility index (Phi) is 7.05. The van der Waals surface area contributed by atoms with Crippen LogP contribution in [0, 0.1) is 0 Å². The van der Waals surface area contributed by atoms with Crippen LogP contribution in [-0.2, 0) is 0 Å². The fourth-order valence-corrected chi connectivity index (χ4v) is 2.56. The summed E-state index contributed by atoms with van der Waals surface area (Å²) in [6.07, 6.45) is 0.390. The quantitative estimate of drug-likeness (QED) is 0.875. The molecule has 2 N–H and O–H groups in total. The summed E-state index contributed by atoms with van der Waals surface area (Å²) >= 11 is 0. The van der Waals surface area contributed by atoms with Crippen molar-refractivity contribution in [1.82, 2.24) is 10.2 Å². The molecule has 0 aliphatic carbocycles. The molecule has 0 radical (unpaired) electrons. The number of nitrogens with zero attached hydrogens (tertiary/aromatic N) is 1. The number of phenols is 1. The van der Waals surface area contributed by atoms with E-state index in [1.807, 2.05) is 0 Å². The van der Waals surface area contributed by atoms with Crippen LogP contribution in [0.5, 0.6) is 11.5 Å². The first-order valence-electron chi connectivity index (χ1n) is 6.64. The number of aromatic hydroxyl groups is 1. The van der Waals surface area contributed by atoms with E-state index in [1.54, 1.807) is 25.3 Å². The normalized spacial score (nSPS) is 17.3. The van der Waals surface area contributed by atoms with Gasteiger partial charge in [-0.3, -0.25) is 9.29 Å². The molecule has 1 fully saturated rings. The van der Waals surface area contributed by atoms with E-state index < -0.39 is 6.67 Å². The number of alkyl halides is 1. The van der Waals surface area contributed by atoms with E-state index in [0.29, 0.717) is 12.2 Å². The predicted molar refractivity (Wildman–Crippen MR) is 79.7 cm³/mol. The molecule has 0 unspecified atom stereocenters. The van der Waals surface area contributed by atoms with Crippen molar-refractivity contribution in [2.75, 3.05) is 40.0 Å². The van der Waals surface area contributed by atoms with Crippen molar-refractivity contribution >= 4 is 12.4 Å². The highest BCUT2D eigenvalue weighted by atomic mass is 35.5. The zero-order valence-electron chi connectivity index (χ0n) is 11.6. The largest absolute Gasteiger partial charge is 0.508 e. The lowest BCUT2D eigenvalue weighted by molar-refractivity contribution is 0.155. The average molecular weight is 305 g/mol. The van der Waals surface area contributed by atoms with Gasteiger partial charge in [0.2, 0.25) is 0 Å². The summed E-state index contributed by atoms with van der Waals surface area (Å²) in [7, 11) is 1.59. The lowest BCUT2D eigenvalue weighted by atomic mass is 10.00. The highest BCUT2D eigenvalue weighted by Gasteiger charge is 2.24. The molecule has 1 atom stereocenters. The van der Waals surface area contributed by atoms with Gasteiger partial charge in [0.15, 0.2) is 0 Å². The van der Waals surface area contributed by atoms with Gasteiger partial charge in [0, 0.05) is 37.8 Å². The Morgan fingerprint density at radius 3 is 2.70 bits per heavy atom. The number of hydrogen-bond acceptors (Lipinski definition) is 4. The molecule has 1 aliphatic rings. The molecule has 0 spiro atoms. The number of piperazine rings is 1. The second-order valence-corrected chi connectivity index (χ2v) is 4.70. The first kappa shape index (κ1) is 17.0. The minimum atomic E-state index is -0.398. The third-order valence-electron chi connectivity index (χ3n) is 3.57. The monoisotopic (exact) mass is 304 g/mol. The summed E-state index contributed by atoms with van der Waals surface area (Å²) in [5.41, 5.74) is 0.749. The molecule has 20 heavy (non-hydrogen) atoms. The molecule has 1 heterocycles. The predicted octanol–water partition coefficient (Wildman–Crippen LogP) is 2.13. The van der Waals surface area contributed by atoms with Crippen LogP contribution in [0.2, 0.25) is 0 Å². The van der Waals surface area contributed by atoms with Gasteiger partial charge in [-0.05, 0) is 24.6 Å². The van der Waals surface area contributed by atoms with E-state index in [0.717, 1.165) is 31.7 Å². The van der Waals surface area contributed by atoms with Gasteiger partial charge in [-0.25, -0.2) is 0 Å². The summed E-state index contributed by atoms with van der Waals surface area (Å²) in [6.45, 7) is 3.12. The van der Waals surface area contributed by atoms with Crippen molar-refractivity contribution in [3.8, 4) is 11.5 Å². The summed E-state index contributed by atoms with van der Waals surface area (Å²) in [5.74, 6) is 0.893. The van der Waals surface area contributed by atoms with Crippen molar-refractivity contribution in [3.63, 3.8) is 0 Å². The van der Waals surface area contributed by atoms with Crippen LogP contribution < -0.4 is 10.1 Å². The van der Waals surface area contributed by atoms with Crippen molar-refractivity contribution in [1.29, 1.82) is 0 Å². The highest BCUT2D eigenvalue weighted by molar-refractivity contribution is 5.85. The van der Waals surface area contributed by atoms with Gasteiger partial charge >= 0.3 is 0 Å². The minimum absolute atomic E-state index is 0. The maximum Gasteiger partial charge on any atom is 0.120 e. The van der Waals surface area contributed by atoms with E-state index in [-0.39, 0.29) is 24.2 Å². The van der Waals surface area contributed by atoms with Gasteiger partial charge in [-0.15, -0.1) is 12.4 Å². The van der Waals surface area contributed by atoms with Gasteiger partial charge in [-0.2, -0.15) is 0 Å². The number of halogens is 2. The molecular formula is C14H22ClFN2O2. The van der Waals surface area contributed by atoms with Crippen LogP contribution >= 0.6 is 12.4 Å². The maximum absolute atomic E-state index is 12.8. The molecule has 0 bridgehead atoms. The molecule has 1 aliphatic heterocycles. The van der Waals surface area contributed by atoms with Gasteiger partial charge in [-0.1, -0.05) is 0 Å². The summed E-state index contributed by atoms with van der Waals surface area (Å²) in [6, 6.07) is 5.03. The molecule has 2 rings (SSSR count). The first-order valence-corrected chi connectivity index (χ1v) is 6.64. The third kappa shape index (κ3) is 3.98. The topological polar surface area (TPSA) is 44.7 Å². The van der Waals surface area contributed by atoms with Crippen LogP contribution in [0.1, 0.15) is 18.0 Å². The Hall–Kier alpha value is -1.04. The lowest BCUT2D eigenvalue weighted by Crippen LogP contribution is -2.45. The molecule has 0 saturated carbocycles. The zero-order chi connectivity index (χ0) is 13.7. The van der Waals surface area contributed by atoms with E-state index in [1.165, 1.54) is 0 Å². The van der Waals surface area contributed by atoms with Crippen LogP contribution in [0.15, 0.2) is 18.2 Å². The van der Waals surface area contributed by atoms with E-state index in [2.05, 4.69) is 10.2 Å². The standard InChI is InChI=1S/C14H21FN2O2.ClH/c1-19-11-2-3-14(18)12(10-11)13(4-5-15)17-8-6-16-7-9-17;/h2-3,10,13,16,18H,4-9H2,1H3;1H/t13-;/m0./s1. The SMILES string of the molecule is COc1ccc(O)c([C@H](CCF)N2CCNCC2)c1.Cl. The minimum Gasteiger partial charge on any atom is -0.508 e. The van der Waals surface area contributed by atoms with Crippen molar-refractivity contribution < 1.29 is 14.2 Å². The zero-order valence-corrected chi connectivity index (χ0v) is 12.5. The number of hydrogen-bond donors (Lipinski definition) is 2. The molecular weight excluding hydrogens is 283 g/mol. The third-order valence-corrected chi connectivity index (χ3v) is 3.57. The molecule has 1 aromatic rings. The summed E-state index contributed by atoms with van der Waals surface area (Å²) < 4.78 is 18.0. The lowest BCUT2D eigenvalue weighted by Gasteiger charge is -2.35. The molecule has 1 saturated heterocycles. The molecule has 0 aromatic heterocycles. The Morgan fingerprint density at radius 2 is 2.10 bits per heavy atom. The fraction of sp³-hybridized carbons (Fsp3) is 0.571. The summed E-state index contributed by atoms with van der Waals surface area (Å²) in [5, 5.41) is 13.3. The van der Waals surface area contributed by atoms with Crippen LogP contribution in [-0.4, -0.2) is 50.0 Å². The number of rotatable bonds is 5. The van der Waals surface area contributed by atoms with E-state index in [4.69, 9.17) is 4.74 Å². The molecule has 1 aromatic carbocycles. The Balaban J connectivity index is 0.00000200. The van der Waals surface area contributed by atoms with Crippen LogP contribution in [0.4, 0.5) is 4.39 Å². The van der Waals surface area contributed by atoms with Crippen LogP contribution in [0.25, 0.3) is 0 Å². The highest BCUT2D eigenvalue weighted by Crippen LogP contribution is 2.34. The second-order valence-electron chi connectivity index (χ2n) is 4.70. The summed E-state index contributed by atoms with van der Waals surface area (Å²) in [4.78, 5) is 2.21. The van der Waals surface area contributed by atoms with E-state index >= 15 is 0 Å². The van der Waals surface area contributed by atoms with Gasteiger partial charge in [0.1, 0.15) is 11.5 Å². The van der Waals surface area contributed by atoms with Gasteiger partial charge < -0.3 is 15.2 Å². The van der Waals surface area contributed by atoms with Crippen molar-refractivity contribution in [3.05, 3.63) is 23.8 Å². The number of methoxy groups -OCH3 is 1. The number of phenolic OH excluding ortho intramolecular Hbond substituents is 1. The number of nitrogens with one attached hydrogen (secondary N) is 1. The smallest absolute Gasteiger partial charge is 0.120 e.